The van der Waals surface area contributed by atoms with Gasteiger partial charge in [-0.05, 0) is 26.0 Å². The van der Waals surface area contributed by atoms with Crippen LogP contribution in [0.1, 0.15) is 37.7 Å². The van der Waals surface area contributed by atoms with E-state index in [2.05, 4.69) is 52.8 Å². The quantitative estimate of drug-likeness (QED) is 0.848. The second-order valence-corrected chi connectivity index (χ2v) is 6.35. The molecule has 1 aromatic heterocycles. The molecule has 19 heavy (non-hydrogen) atoms. The van der Waals surface area contributed by atoms with Gasteiger partial charge in [-0.3, -0.25) is 0 Å². The molecular weight excluding hydrogens is 234 g/mol. The third-order valence-corrected chi connectivity index (χ3v) is 3.31. The number of hydrogen-bond acceptors (Lipinski definition) is 2. The van der Waals surface area contributed by atoms with E-state index in [0.29, 0.717) is 0 Å². The van der Waals surface area contributed by atoms with Crippen molar-refractivity contribution in [3.8, 4) is 11.3 Å². The number of benzene rings is 1. The monoisotopic (exact) mass is 257 g/mol. The first-order valence-electron chi connectivity index (χ1n) is 6.61. The Hall–Kier alpha value is -1.77. The van der Waals surface area contributed by atoms with Crippen molar-refractivity contribution >= 4 is 5.82 Å². The lowest BCUT2D eigenvalue weighted by atomic mass is 9.96. The van der Waals surface area contributed by atoms with Crippen molar-refractivity contribution in [1.29, 1.82) is 0 Å². The van der Waals surface area contributed by atoms with Crippen molar-refractivity contribution in [3.63, 3.8) is 0 Å². The molecule has 0 saturated carbocycles. The molecule has 2 N–H and O–H groups in total. The molecule has 3 heteroatoms. The summed E-state index contributed by atoms with van der Waals surface area (Å²) >= 11 is 0. The molecule has 0 amide bonds. The minimum Gasteiger partial charge on any atom is -0.383 e. The van der Waals surface area contributed by atoms with Crippen molar-refractivity contribution in [1.82, 2.24) is 9.55 Å². The fourth-order valence-electron chi connectivity index (χ4n) is 2.51. The van der Waals surface area contributed by atoms with E-state index in [1.807, 2.05) is 11.6 Å². The molecule has 0 atom stereocenters. The summed E-state index contributed by atoms with van der Waals surface area (Å²) in [6.07, 6.45) is 0. The number of rotatable bonds is 1. The van der Waals surface area contributed by atoms with Crippen molar-refractivity contribution in [3.05, 3.63) is 35.2 Å². The summed E-state index contributed by atoms with van der Waals surface area (Å²) in [6, 6.07) is 6.43. The highest BCUT2D eigenvalue weighted by Crippen LogP contribution is 2.31. The second kappa shape index (κ2) is 4.41. The molecular formula is C16H23N3. The van der Waals surface area contributed by atoms with Crippen LogP contribution in [-0.4, -0.2) is 9.55 Å². The fraction of sp³-hybridized carbons (Fsp3) is 0.438. The maximum absolute atomic E-state index is 6.23. The van der Waals surface area contributed by atoms with Gasteiger partial charge in [0.2, 0.25) is 0 Å². The lowest BCUT2D eigenvalue weighted by Crippen LogP contribution is -2.17. The van der Waals surface area contributed by atoms with Crippen molar-refractivity contribution < 1.29 is 0 Å². The molecule has 2 rings (SSSR count). The Bertz CT molecular complexity index is 595. The van der Waals surface area contributed by atoms with Gasteiger partial charge in [0.25, 0.3) is 0 Å². The molecule has 0 saturated heterocycles. The van der Waals surface area contributed by atoms with E-state index in [1.165, 1.54) is 11.1 Å². The van der Waals surface area contributed by atoms with Gasteiger partial charge in [0.15, 0.2) is 0 Å². The lowest BCUT2D eigenvalue weighted by molar-refractivity contribution is 0.524. The summed E-state index contributed by atoms with van der Waals surface area (Å²) < 4.78 is 1.99. The topological polar surface area (TPSA) is 43.8 Å². The summed E-state index contributed by atoms with van der Waals surface area (Å²) in [6.45, 7) is 10.7. The van der Waals surface area contributed by atoms with E-state index in [0.717, 1.165) is 22.9 Å². The molecule has 0 spiro atoms. The van der Waals surface area contributed by atoms with E-state index in [1.54, 1.807) is 0 Å². The van der Waals surface area contributed by atoms with Crippen LogP contribution in [0.5, 0.6) is 0 Å². The van der Waals surface area contributed by atoms with Gasteiger partial charge < -0.3 is 10.3 Å². The Kier molecular flexibility index (Phi) is 3.17. The van der Waals surface area contributed by atoms with Gasteiger partial charge >= 0.3 is 0 Å². The van der Waals surface area contributed by atoms with Crippen LogP contribution in [-0.2, 0) is 12.5 Å². The molecule has 0 bridgehead atoms. The third kappa shape index (κ3) is 2.50. The van der Waals surface area contributed by atoms with Gasteiger partial charge in [-0.25, -0.2) is 4.98 Å². The van der Waals surface area contributed by atoms with E-state index < -0.39 is 0 Å². The van der Waals surface area contributed by atoms with Gasteiger partial charge in [-0.1, -0.05) is 38.0 Å². The van der Waals surface area contributed by atoms with E-state index in [-0.39, 0.29) is 5.41 Å². The summed E-state index contributed by atoms with van der Waals surface area (Å²) in [5, 5.41) is 0. The predicted octanol–water partition coefficient (Wildman–Crippen LogP) is 3.58. The molecule has 0 aliphatic rings. The summed E-state index contributed by atoms with van der Waals surface area (Å²) in [5.41, 5.74) is 10.7. The Morgan fingerprint density at radius 3 is 2.00 bits per heavy atom. The van der Waals surface area contributed by atoms with Crippen LogP contribution in [0.4, 0.5) is 5.82 Å². The first-order chi connectivity index (χ1) is 8.70. The Morgan fingerprint density at radius 2 is 1.58 bits per heavy atom. The zero-order chi connectivity index (χ0) is 14.4. The molecule has 2 aromatic rings. The second-order valence-electron chi connectivity index (χ2n) is 6.35. The normalized spacial score (nSPS) is 11.9. The molecule has 0 aliphatic heterocycles. The van der Waals surface area contributed by atoms with Gasteiger partial charge in [0.05, 0.1) is 0 Å². The van der Waals surface area contributed by atoms with Crippen LogP contribution in [0, 0.1) is 13.8 Å². The average molecular weight is 257 g/mol. The number of hydrogen-bond donors (Lipinski definition) is 1. The first-order valence-corrected chi connectivity index (χ1v) is 6.61. The van der Waals surface area contributed by atoms with Crippen LogP contribution in [0.15, 0.2) is 18.2 Å². The molecule has 0 aliphatic carbocycles. The van der Waals surface area contributed by atoms with E-state index in [4.69, 9.17) is 10.7 Å². The minimum absolute atomic E-state index is 0.0139. The van der Waals surface area contributed by atoms with Crippen LogP contribution in [0.3, 0.4) is 0 Å². The predicted molar refractivity (Wildman–Crippen MR) is 81.2 cm³/mol. The van der Waals surface area contributed by atoms with Crippen molar-refractivity contribution in [2.75, 3.05) is 5.73 Å². The Balaban J connectivity index is 2.64. The maximum atomic E-state index is 6.23. The molecule has 0 fully saturated rings. The largest absolute Gasteiger partial charge is 0.383 e. The number of nitrogens with zero attached hydrogens (tertiary/aromatic N) is 2. The van der Waals surface area contributed by atoms with Gasteiger partial charge in [0.1, 0.15) is 17.3 Å². The van der Waals surface area contributed by atoms with Crippen molar-refractivity contribution in [2.45, 2.75) is 40.0 Å². The molecule has 1 aromatic carbocycles. The van der Waals surface area contributed by atoms with Gasteiger partial charge in [-0.2, -0.15) is 0 Å². The SMILES string of the molecule is Cc1cc(C)cc(-c2nc(C(C)(C)C)n(C)c2N)c1. The lowest BCUT2D eigenvalue weighted by Gasteiger charge is -2.17. The summed E-state index contributed by atoms with van der Waals surface area (Å²) in [4.78, 5) is 4.77. The van der Waals surface area contributed by atoms with Crippen LogP contribution in [0.25, 0.3) is 11.3 Å². The van der Waals surface area contributed by atoms with Gasteiger partial charge in [0, 0.05) is 18.0 Å². The van der Waals surface area contributed by atoms with E-state index in [9.17, 15) is 0 Å². The summed E-state index contributed by atoms with van der Waals surface area (Å²) in [7, 11) is 1.98. The first kappa shape index (κ1) is 13.7. The molecule has 3 nitrogen and oxygen atoms in total. The van der Waals surface area contributed by atoms with Gasteiger partial charge in [-0.15, -0.1) is 0 Å². The number of aromatic nitrogens is 2. The fourth-order valence-corrected chi connectivity index (χ4v) is 2.51. The van der Waals surface area contributed by atoms with Crippen LogP contribution >= 0.6 is 0 Å². The number of anilines is 1. The zero-order valence-electron chi connectivity index (χ0n) is 12.7. The molecule has 1 heterocycles. The summed E-state index contributed by atoms with van der Waals surface area (Å²) in [5.74, 6) is 1.74. The highest BCUT2D eigenvalue weighted by Gasteiger charge is 2.23. The zero-order valence-corrected chi connectivity index (χ0v) is 12.7. The van der Waals surface area contributed by atoms with Crippen LogP contribution < -0.4 is 5.73 Å². The number of imidazole rings is 1. The average Bonchev–Trinajstić information content (AvgIpc) is 2.54. The highest BCUT2D eigenvalue weighted by molar-refractivity contribution is 5.72. The number of nitrogens with two attached hydrogens (primary N) is 1. The smallest absolute Gasteiger partial charge is 0.131 e. The highest BCUT2D eigenvalue weighted by atomic mass is 15.1. The van der Waals surface area contributed by atoms with E-state index >= 15 is 0 Å². The third-order valence-electron chi connectivity index (χ3n) is 3.31. The number of aryl methyl sites for hydroxylation is 2. The molecule has 102 valence electrons. The molecule has 0 radical (unpaired) electrons. The Morgan fingerprint density at radius 1 is 1.05 bits per heavy atom. The Labute approximate surface area is 115 Å². The standard InChI is InChI=1S/C16H23N3/c1-10-7-11(2)9-12(8-10)13-14(17)19(6)15(18-13)16(3,4)5/h7-9H,17H2,1-6H3. The number of nitrogen functional groups attached to an aromatic ring is 1. The van der Waals surface area contributed by atoms with Crippen molar-refractivity contribution in [2.24, 2.45) is 7.05 Å². The van der Waals surface area contributed by atoms with Crippen LogP contribution in [0.2, 0.25) is 0 Å². The minimum atomic E-state index is -0.0139. The molecule has 0 unspecified atom stereocenters. The maximum Gasteiger partial charge on any atom is 0.131 e.